The van der Waals surface area contributed by atoms with Gasteiger partial charge in [0.05, 0.1) is 25.0 Å². The first-order valence-corrected chi connectivity index (χ1v) is 9.27. The zero-order valence-electron chi connectivity index (χ0n) is 36.6. The van der Waals surface area contributed by atoms with E-state index < -0.39 is 107 Å². The molecule has 0 radical (unpaired) electrons. The van der Waals surface area contributed by atoms with Crippen LogP contribution in [0.25, 0.3) is 0 Å². The first-order chi connectivity index (χ1) is 21.9. The first kappa shape index (κ1) is 8.28. The lowest BCUT2D eigenvalue weighted by atomic mass is 9.79. The summed E-state index contributed by atoms with van der Waals surface area (Å²) in [5.41, 5.74) is 5.43. The van der Waals surface area contributed by atoms with Gasteiger partial charge < -0.3 is 19.9 Å². The summed E-state index contributed by atoms with van der Waals surface area (Å²) in [7, 11) is -6.34. The van der Waals surface area contributed by atoms with Crippen LogP contribution in [0.5, 0.6) is 11.5 Å². The van der Waals surface area contributed by atoms with E-state index in [1.54, 1.807) is 0 Å². The number of esters is 1. The fraction of sp³-hybridized carbons (Fsp3) is 0.708. The van der Waals surface area contributed by atoms with Crippen molar-refractivity contribution in [3.05, 3.63) is 23.3 Å². The van der Waals surface area contributed by atoms with E-state index >= 15 is 0 Å². The molecule has 2 aliphatic rings. The van der Waals surface area contributed by atoms with E-state index in [0.717, 1.165) is 17.0 Å². The van der Waals surface area contributed by atoms with Crippen LogP contribution in [0.2, 0.25) is 0 Å². The van der Waals surface area contributed by atoms with Crippen LogP contribution in [0.4, 0.5) is 0 Å². The number of nitrogens with two attached hydrogens (primary N) is 1. The van der Waals surface area contributed by atoms with Gasteiger partial charge in [-0.2, -0.15) is 0 Å². The molecule has 6 nitrogen and oxygen atoms in total. The number of benzene rings is 1. The number of nitrogens with zero attached hydrogens (tertiary/aromatic N) is 1. The largest absolute Gasteiger partial charge is 0.493 e. The van der Waals surface area contributed by atoms with Crippen LogP contribution in [0.1, 0.15) is 84.9 Å². The summed E-state index contributed by atoms with van der Waals surface area (Å²) in [6, 6.07) is -4.29. The highest BCUT2D eigenvalue weighted by atomic mass is 16.5. The highest BCUT2D eigenvalue weighted by Gasteiger charge is 2.41. The monoisotopic (exact) mass is 438 g/mol. The molecule has 3 unspecified atom stereocenters. The third-order valence-electron chi connectivity index (χ3n) is 4.77. The van der Waals surface area contributed by atoms with E-state index in [1.165, 1.54) is 13.8 Å². The maximum absolute atomic E-state index is 13.7. The molecule has 0 bridgehead atoms. The van der Waals surface area contributed by atoms with Crippen molar-refractivity contribution in [1.82, 2.24) is 4.90 Å². The number of piperidine rings is 1. The normalized spacial score (nSPS) is 46.1. The van der Waals surface area contributed by atoms with Crippen molar-refractivity contribution >= 4 is 5.97 Å². The van der Waals surface area contributed by atoms with Crippen molar-refractivity contribution in [2.24, 2.45) is 23.4 Å². The second-order valence-electron chi connectivity index (χ2n) is 7.39. The van der Waals surface area contributed by atoms with Gasteiger partial charge >= 0.3 is 5.97 Å². The number of methoxy groups -OCH3 is 2. The van der Waals surface area contributed by atoms with Gasteiger partial charge in [-0.25, -0.2) is 0 Å². The van der Waals surface area contributed by atoms with Crippen molar-refractivity contribution in [3.63, 3.8) is 0 Å². The van der Waals surface area contributed by atoms with Crippen LogP contribution >= 0.6 is 0 Å². The quantitative estimate of drug-likeness (QED) is 0.656. The lowest BCUT2D eigenvalue weighted by molar-refractivity contribution is -0.160. The SMILES string of the molecule is [2H]C([2H])([2H])Oc1cc2c(cc1OC([2H])([2H])[2H])C1N(CC2)C([2H])([2H])C([2H])(CC(C)C)C([2H])(OC(=O)[C@@]([2H])(N)C([2H])(C([2H])([2H])[2H])C([2H])([2H])[2H])C1([2H])[2H]. The third-order valence-corrected chi connectivity index (χ3v) is 4.77. The lowest BCUT2D eigenvalue weighted by Crippen LogP contribution is -2.51. The molecule has 0 amide bonds. The molecule has 2 heterocycles. The van der Waals surface area contributed by atoms with E-state index in [2.05, 4.69) is 0 Å². The highest BCUT2D eigenvalue weighted by Crippen LogP contribution is 2.44. The molecule has 0 saturated carbocycles. The third kappa shape index (κ3) is 4.75. The molecule has 3 rings (SSSR count). The number of ether oxygens (including phenoxy) is 3. The molecule has 1 aromatic rings. The maximum atomic E-state index is 13.7. The Labute approximate surface area is 209 Å². The standard InChI is InChI=1S/C24H38N2O4/c1-14(2)9-17-13-26-8-7-16-10-21(28-5)22(29-6)11-18(16)19(26)12-20(17)30-24(27)23(25)15(3)4/h10-11,14-15,17,19-20,23H,7-9,12-13,25H2,1-6H3/t17?,19?,20?,23-/m0/s1/i3D3,4D3,5D3,6D3,12D2,13D2,15D,17D,20D,23D. The molecule has 30 heavy (non-hydrogen) atoms. The summed E-state index contributed by atoms with van der Waals surface area (Å²) in [4.78, 5) is 14.6. The molecular weight excluding hydrogens is 380 g/mol. The number of hydrogen-bond acceptors (Lipinski definition) is 6. The van der Waals surface area contributed by atoms with Gasteiger partial charge in [0.15, 0.2) is 11.5 Å². The highest BCUT2D eigenvalue weighted by molar-refractivity contribution is 5.76. The molecule has 2 aliphatic heterocycles. The molecule has 1 fully saturated rings. The molecule has 1 saturated heterocycles. The fourth-order valence-corrected chi connectivity index (χ4v) is 3.39. The number of fused-ring (bicyclic) bond motifs is 3. The minimum absolute atomic E-state index is 0.0572. The van der Waals surface area contributed by atoms with Crippen LogP contribution in [-0.2, 0) is 16.0 Å². The molecule has 168 valence electrons. The molecule has 0 aromatic heterocycles. The molecule has 0 aliphatic carbocycles. The van der Waals surface area contributed by atoms with Crippen LogP contribution in [0.3, 0.4) is 0 Å². The minimum atomic E-state index is -4.15. The van der Waals surface area contributed by atoms with Gasteiger partial charge in [0, 0.05) is 47.8 Å². The molecule has 2 N–H and O–H groups in total. The number of carbonyl (C=O) groups excluding carboxylic acids is 1. The van der Waals surface area contributed by atoms with E-state index in [1.807, 2.05) is 0 Å². The summed E-state index contributed by atoms with van der Waals surface area (Å²) >= 11 is 0. The number of carbonyl (C=O) groups is 1. The summed E-state index contributed by atoms with van der Waals surface area (Å²) < 4.78 is 179. The molecular formula is C24H38N2O4. The molecule has 4 atom stereocenters. The van der Waals surface area contributed by atoms with Crippen molar-refractivity contribution in [3.8, 4) is 11.5 Å². The lowest BCUT2D eigenvalue weighted by Gasteiger charge is -2.47. The van der Waals surface area contributed by atoms with E-state index in [9.17, 15) is 10.3 Å². The van der Waals surface area contributed by atoms with Gasteiger partial charge in [-0.15, -0.1) is 0 Å². The zero-order chi connectivity index (χ0) is 39.3. The first-order valence-electron chi connectivity index (χ1n) is 19.3. The summed E-state index contributed by atoms with van der Waals surface area (Å²) in [5.74, 6) is -11.8. The van der Waals surface area contributed by atoms with Gasteiger partial charge in [0.1, 0.15) is 12.1 Å². The average Bonchev–Trinajstić information content (AvgIpc) is 2.87. The molecule has 0 spiro atoms. The van der Waals surface area contributed by atoms with Crippen molar-refractivity contribution in [2.45, 2.75) is 64.9 Å². The minimum Gasteiger partial charge on any atom is -0.493 e. The second-order valence-corrected chi connectivity index (χ2v) is 7.39. The maximum Gasteiger partial charge on any atom is 0.323 e. The average molecular weight is 439 g/mol. The number of hydrogen-bond donors (Lipinski definition) is 1. The van der Waals surface area contributed by atoms with Gasteiger partial charge in [-0.05, 0) is 47.9 Å². The van der Waals surface area contributed by atoms with E-state index in [0.29, 0.717) is 0 Å². The van der Waals surface area contributed by atoms with E-state index in [-0.39, 0.29) is 17.5 Å². The Hall–Kier alpha value is -1.79. The Morgan fingerprint density at radius 1 is 1.37 bits per heavy atom. The topological polar surface area (TPSA) is 74.0 Å². The van der Waals surface area contributed by atoms with Crippen molar-refractivity contribution < 1.29 is 46.4 Å². The molecule has 1 aromatic carbocycles. The predicted octanol–water partition coefficient (Wildman–Crippen LogP) is 3.56. The molecule has 6 heteroatoms. The van der Waals surface area contributed by atoms with E-state index in [4.69, 9.17) is 41.9 Å². The summed E-state index contributed by atoms with van der Waals surface area (Å²) in [6.45, 7) is -8.55. The second kappa shape index (κ2) is 9.56. The van der Waals surface area contributed by atoms with Gasteiger partial charge in [0.25, 0.3) is 0 Å². The van der Waals surface area contributed by atoms with Crippen molar-refractivity contribution in [2.75, 3.05) is 27.1 Å². The Balaban J connectivity index is 2.39. The smallest absolute Gasteiger partial charge is 0.323 e. The Bertz CT molecular complexity index is 1460. The zero-order valence-corrected chi connectivity index (χ0v) is 16.6. The van der Waals surface area contributed by atoms with Gasteiger partial charge in [0.2, 0.25) is 0 Å². The summed E-state index contributed by atoms with van der Waals surface area (Å²) in [5, 5.41) is 0. The fourth-order valence-electron chi connectivity index (χ4n) is 3.39. The number of rotatable bonds is 7. The van der Waals surface area contributed by atoms with Gasteiger partial charge in [-0.1, -0.05) is 27.6 Å². The van der Waals surface area contributed by atoms with Crippen molar-refractivity contribution in [1.29, 1.82) is 0 Å². The Kier molecular flexibility index (Phi) is 2.64. The summed E-state index contributed by atoms with van der Waals surface area (Å²) in [6.07, 6.45) is -8.17. The predicted molar refractivity (Wildman–Crippen MR) is 118 cm³/mol. The Morgan fingerprint density at radius 2 is 2.10 bits per heavy atom. The van der Waals surface area contributed by atoms with Gasteiger partial charge in [-0.3, -0.25) is 9.69 Å². The van der Waals surface area contributed by atoms with Crippen LogP contribution in [0.15, 0.2) is 12.1 Å². The van der Waals surface area contributed by atoms with Crippen LogP contribution < -0.4 is 15.2 Å². The van der Waals surface area contributed by atoms with Crippen LogP contribution in [0, 0.1) is 17.7 Å². The van der Waals surface area contributed by atoms with Crippen LogP contribution in [-0.4, -0.2) is 50.1 Å². The Morgan fingerprint density at radius 3 is 2.77 bits per heavy atom.